The quantitative estimate of drug-likeness (QED) is 0.729. The van der Waals surface area contributed by atoms with E-state index >= 15 is 0 Å². The zero-order valence-electron chi connectivity index (χ0n) is 15.0. The van der Waals surface area contributed by atoms with Crippen LogP contribution in [0.2, 0.25) is 0 Å². The van der Waals surface area contributed by atoms with Crippen LogP contribution in [0, 0.1) is 20.8 Å². The summed E-state index contributed by atoms with van der Waals surface area (Å²) in [7, 11) is 0. The van der Waals surface area contributed by atoms with Crippen molar-refractivity contribution in [2.75, 3.05) is 18.5 Å². The van der Waals surface area contributed by atoms with E-state index in [1.54, 1.807) is 0 Å². The van der Waals surface area contributed by atoms with E-state index in [0.29, 0.717) is 24.6 Å². The van der Waals surface area contributed by atoms with Gasteiger partial charge < -0.3 is 15.4 Å². The third-order valence-electron chi connectivity index (χ3n) is 3.91. The Bertz CT molecular complexity index is 722. The number of ether oxygens (including phenoxy) is 1. The Kier molecular flexibility index (Phi) is 5.84. The largest absolute Gasteiger partial charge is 0.477 e. The Morgan fingerprint density at radius 2 is 2.00 bits per heavy atom. The van der Waals surface area contributed by atoms with Gasteiger partial charge in [-0.3, -0.25) is 9.89 Å². The number of carbonyl (C=O) groups excluding carboxylic acids is 1. The van der Waals surface area contributed by atoms with E-state index in [1.165, 1.54) is 0 Å². The highest BCUT2D eigenvalue weighted by atomic mass is 16.5. The first-order valence-corrected chi connectivity index (χ1v) is 8.27. The third kappa shape index (κ3) is 3.88. The van der Waals surface area contributed by atoms with E-state index in [1.807, 2.05) is 40.7 Å². The number of carbonyl (C=O) groups is 1. The fourth-order valence-corrected chi connectivity index (χ4v) is 2.63. The molecular formula is C18H26N4O2. The van der Waals surface area contributed by atoms with E-state index in [4.69, 9.17) is 4.74 Å². The molecule has 0 atom stereocenters. The van der Waals surface area contributed by atoms with E-state index < -0.39 is 0 Å². The van der Waals surface area contributed by atoms with Crippen LogP contribution >= 0.6 is 0 Å². The second kappa shape index (κ2) is 7.86. The molecule has 2 aromatic rings. The maximum atomic E-state index is 12.6. The molecule has 0 aliphatic carbocycles. The van der Waals surface area contributed by atoms with Crippen LogP contribution in [0.25, 0.3) is 0 Å². The SMILES string of the molecule is CCNc1cc(C)cc(C(=O)NCc2c(OCC)n[nH]c2C)c1C. The van der Waals surface area contributed by atoms with Gasteiger partial charge in [-0.1, -0.05) is 0 Å². The topological polar surface area (TPSA) is 79.0 Å². The summed E-state index contributed by atoms with van der Waals surface area (Å²) in [5.74, 6) is 0.447. The molecule has 2 rings (SSSR count). The van der Waals surface area contributed by atoms with Gasteiger partial charge in [0.15, 0.2) is 0 Å². The molecule has 1 aromatic heterocycles. The number of hydrogen-bond donors (Lipinski definition) is 3. The molecule has 0 saturated carbocycles. The van der Waals surface area contributed by atoms with Gasteiger partial charge in [-0.25, -0.2) is 0 Å². The number of hydrogen-bond acceptors (Lipinski definition) is 4. The molecule has 0 aliphatic rings. The number of nitrogens with zero attached hydrogens (tertiary/aromatic N) is 1. The summed E-state index contributed by atoms with van der Waals surface area (Å²) in [6, 6.07) is 3.97. The van der Waals surface area contributed by atoms with Crippen molar-refractivity contribution < 1.29 is 9.53 Å². The van der Waals surface area contributed by atoms with Gasteiger partial charge in [0.1, 0.15) is 0 Å². The molecule has 6 heteroatoms. The van der Waals surface area contributed by atoms with E-state index in [2.05, 4.69) is 26.9 Å². The van der Waals surface area contributed by atoms with Crippen LogP contribution in [0.4, 0.5) is 5.69 Å². The van der Waals surface area contributed by atoms with Gasteiger partial charge in [0.05, 0.1) is 18.7 Å². The van der Waals surface area contributed by atoms with Gasteiger partial charge in [0, 0.05) is 23.5 Å². The summed E-state index contributed by atoms with van der Waals surface area (Å²) >= 11 is 0. The number of aryl methyl sites for hydroxylation is 2. The summed E-state index contributed by atoms with van der Waals surface area (Å²) in [6.07, 6.45) is 0. The smallest absolute Gasteiger partial charge is 0.251 e. The normalized spacial score (nSPS) is 10.5. The predicted octanol–water partition coefficient (Wildman–Crippen LogP) is 3.10. The van der Waals surface area contributed by atoms with Crippen LogP contribution in [-0.4, -0.2) is 29.3 Å². The molecule has 0 aliphatic heterocycles. The molecular weight excluding hydrogens is 304 g/mol. The van der Waals surface area contributed by atoms with Crippen LogP contribution in [0.15, 0.2) is 12.1 Å². The van der Waals surface area contributed by atoms with Gasteiger partial charge >= 0.3 is 0 Å². The number of aromatic nitrogens is 2. The number of aromatic amines is 1. The van der Waals surface area contributed by atoms with Crippen LogP contribution in [0.5, 0.6) is 5.88 Å². The highest BCUT2D eigenvalue weighted by molar-refractivity contribution is 5.97. The molecule has 0 unspecified atom stereocenters. The molecule has 3 N–H and O–H groups in total. The number of H-pyrrole nitrogens is 1. The minimum absolute atomic E-state index is 0.0987. The molecule has 6 nitrogen and oxygen atoms in total. The van der Waals surface area contributed by atoms with Gasteiger partial charge in [-0.2, -0.15) is 0 Å². The summed E-state index contributed by atoms with van der Waals surface area (Å²) in [5, 5.41) is 13.3. The highest BCUT2D eigenvalue weighted by Crippen LogP contribution is 2.22. The molecule has 1 amide bonds. The standard InChI is InChI=1S/C18H26N4O2/c1-6-19-16-9-11(3)8-14(12(16)4)17(23)20-10-15-13(5)21-22-18(15)24-7-2/h8-9,19H,6-7,10H2,1-5H3,(H,20,23)(H,21,22). The van der Waals surface area contributed by atoms with Gasteiger partial charge in [-0.05, 0) is 57.9 Å². The van der Waals surface area contributed by atoms with E-state index in [0.717, 1.165) is 34.6 Å². The minimum atomic E-state index is -0.0987. The first kappa shape index (κ1) is 17.8. The van der Waals surface area contributed by atoms with Crippen molar-refractivity contribution >= 4 is 11.6 Å². The van der Waals surface area contributed by atoms with Gasteiger partial charge in [0.2, 0.25) is 5.88 Å². The zero-order valence-corrected chi connectivity index (χ0v) is 15.0. The fraction of sp³-hybridized carbons (Fsp3) is 0.444. The lowest BCUT2D eigenvalue weighted by atomic mass is 10.0. The first-order valence-electron chi connectivity index (χ1n) is 8.27. The number of nitrogens with one attached hydrogen (secondary N) is 3. The average molecular weight is 330 g/mol. The molecule has 0 fully saturated rings. The first-order chi connectivity index (χ1) is 11.5. The maximum Gasteiger partial charge on any atom is 0.251 e. The van der Waals surface area contributed by atoms with Crippen LogP contribution in [0.3, 0.4) is 0 Å². The Morgan fingerprint density at radius 1 is 1.25 bits per heavy atom. The Labute approximate surface area is 143 Å². The number of benzene rings is 1. The van der Waals surface area contributed by atoms with Crippen molar-refractivity contribution in [1.82, 2.24) is 15.5 Å². The molecule has 24 heavy (non-hydrogen) atoms. The number of anilines is 1. The monoisotopic (exact) mass is 330 g/mol. The lowest BCUT2D eigenvalue weighted by Crippen LogP contribution is -2.24. The lowest BCUT2D eigenvalue weighted by molar-refractivity contribution is 0.0950. The van der Waals surface area contributed by atoms with Crippen molar-refractivity contribution in [2.24, 2.45) is 0 Å². The second-order valence-electron chi connectivity index (χ2n) is 5.76. The van der Waals surface area contributed by atoms with Gasteiger partial charge in [0.25, 0.3) is 5.91 Å². The lowest BCUT2D eigenvalue weighted by Gasteiger charge is -2.14. The predicted molar refractivity (Wildman–Crippen MR) is 95.7 cm³/mol. The van der Waals surface area contributed by atoms with Crippen LogP contribution in [0.1, 0.15) is 46.6 Å². The number of amides is 1. The molecule has 1 heterocycles. The summed E-state index contributed by atoms with van der Waals surface area (Å²) < 4.78 is 5.49. The Hall–Kier alpha value is -2.50. The van der Waals surface area contributed by atoms with Crippen molar-refractivity contribution in [1.29, 1.82) is 0 Å². The maximum absolute atomic E-state index is 12.6. The molecule has 0 radical (unpaired) electrons. The van der Waals surface area contributed by atoms with Gasteiger partial charge in [-0.15, -0.1) is 5.10 Å². The molecule has 0 bridgehead atoms. The molecule has 130 valence electrons. The average Bonchev–Trinajstić information content (AvgIpc) is 2.89. The van der Waals surface area contributed by atoms with Crippen LogP contribution < -0.4 is 15.4 Å². The summed E-state index contributed by atoms with van der Waals surface area (Å²) in [4.78, 5) is 12.6. The molecule has 1 aromatic carbocycles. The zero-order chi connectivity index (χ0) is 17.7. The summed E-state index contributed by atoms with van der Waals surface area (Å²) in [5.41, 5.74) is 5.46. The Morgan fingerprint density at radius 3 is 2.67 bits per heavy atom. The fourth-order valence-electron chi connectivity index (χ4n) is 2.63. The van der Waals surface area contributed by atoms with E-state index in [-0.39, 0.29) is 5.91 Å². The Balaban J connectivity index is 2.18. The third-order valence-corrected chi connectivity index (χ3v) is 3.91. The molecule has 0 saturated heterocycles. The van der Waals surface area contributed by atoms with Crippen molar-refractivity contribution in [3.8, 4) is 5.88 Å². The number of rotatable bonds is 7. The second-order valence-corrected chi connectivity index (χ2v) is 5.76. The van der Waals surface area contributed by atoms with Crippen molar-refractivity contribution in [3.63, 3.8) is 0 Å². The van der Waals surface area contributed by atoms with Crippen molar-refractivity contribution in [2.45, 2.75) is 41.2 Å². The highest BCUT2D eigenvalue weighted by Gasteiger charge is 2.16. The van der Waals surface area contributed by atoms with Crippen molar-refractivity contribution in [3.05, 3.63) is 40.1 Å². The summed E-state index contributed by atoms with van der Waals surface area (Å²) in [6.45, 7) is 11.5. The minimum Gasteiger partial charge on any atom is -0.477 e. The molecule has 0 spiro atoms. The van der Waals surface area contributed by atoms with E-state index in [9.17, 15) is 4.79 Å². The van der Waals surface area contributed by atoms with Crippen LogP contribution in [-0.2, 0) is 6.54 Å².